The van der Waals surface area contributed by atoms with Crippen LogP contribution in [0.2, 0.25) is 0 Å². The molecule has 0 amide bonds. The van der Waals surface area contributed by atoms with E-state index in [2.05, 4.69) is 11.3 Å². The summed E-state index contributed by atoms with van der Waals surface area (Å²) >= 11 is 0. The van der Waals surface area contributed by atoms with Gasteiger partial charge in [0, 0.05) is 6.08 Å². The van der Waals surface area contributed by atoms with E-state index in [1.807, 2.05) is 0 Å². The highest BCUT2D eigenvalue weighted by molar-refractivity contribution is 5.92. The Morgan fingerprint density at radius 2 is 2.23 bits per heavy atom. The molecule has 0 aliphatic rings. The molecule has 0 rings (SSSR count). The molecule has 0 heterocycles. The predicted molar refractivity (Wildman–Crippen MR) is 42.5 cm³/mol. The third kappa shape index (κ3) is 5.21. The number of carboxylic acid groups (broad SMARTS) is 1. The number of aliphatic carboxylic acids is 1. The highest BCUT2D eigenvalue weighted by Gasteiger charge is 2.05. The zero-order valence-electron chi connectivity index (χ0n) is 6.69. The van der Waals surface area contributed by atoms with Crippen molar-refractivity contribution >= 4 is 11.9 Å². The molecule has 68 valence electrons. The molecule has 5 heteroatoms. The Hall–Kier alpha value is -2.09. The highest BCUT2D eigenvalue weighted by atomic mass is 16.5. The van der Waals surface area contributed by atoms with Crippen LogP contribution >= 0.6 is 0 Å². The first-order valence-corrected chi connectivity index (χ1v) is 3.23. The van der Waals surface area contributed by atoms with E-state index in [1.54, 1.807) is 0 Å². The molecule has 0 aliphatic carbocycles. The molecular weight excluding hydrogens is 174 g/mol. The lowest BCUT2D eigenvalue weighted by atomic mass is 10.3. The molecule has 0 unspecified atom stereocenters. The van der Waals surface area contributed by atoms with Gasteiger partial charge in [-0.25, -0.2) is 9.59 Å². The molecule has 0 bridgehead atoms. The first-order chi connectivity index (χ1) is 6.07. The molecule has 1 N–H and O–H groups in total. The van der Waals surface area contributed by atoms with E-state index in [1.165, 1.54) is 6.07 Å². The monoisotopic (exact) mass is 181 g/mol. The van der Waals surface area contributed by atoms with Gasteiger partial charge in [0.1, 0.15) is 18.2 Å². The van der Waals surface area contributed by atoms with Crippen LogP contribution in [0.5, 0.6) is 0 Å². The molecule has 0 aliphatic heterocycles. The Labute approximate surface area is 74.5 Å². The number of ether oxygens (including phenoxy) is 1. The summed E-state index contributed by atoms with van der Waals surface area (Å²) in [5.41, 5.74) is -0.316. The molecule has 0 aromatic rings. The van der Waals surface area contributed by atoms with Gasteiger partial charge in [-0.2, -0.15) is 5.26 Å². The molecule has 0 fully saturated rings. The summed E-state index contributed by atoms with van der Waals surface area (Å²) in [6.07, 6.45) is 1.98. The molecule has 5 nitrogen and oxygen atoms in total. The van der Waals surface area contributed by atoms with E-state index in [0.717, 1.165) is 12.2 Å². The highest BCUT2D eigenvalue weighted by Crippen LogP contribution is 1.91. The van der Waals surface area contributed by atoms with Crippen molar-refractivity contribution in [2.45, 2.75) is 0 Å². The molecule has 0 spiro atoms. The summed E-state index contributed by atoms with van der Waals surface area (Å²) in [6.45, 7) is 2.92. The molecule has 0 saturated carbocycles. The van der Waals surface area contributed by atoms with Crippen LogP contribution in [0.25, 0.3) is 0 Å². The van der Waals surface area contributed by atoms with Gasteiger partial charge in [0.2, 0.25) is 0 Å². The second kappa shape index (κ2) is 5.55. The van der Waals surface area contributed by atoms with Crippen molar-refractivity contribution in [3.63, 3.8) is 0 Å². The summed E-state index contributed by atoms with van der Waals surface area (Å²) in [4.78, 5) is 20.6. The second-order valence-corrected chi connectivity index (χ2v) is 1.93. The molecule has 0 atom stereocenters. The summed E-state index contributed by atoms with van der Waals surface area (Å²) < 4.78 is 4.43. The average molecular weight is 181 g/mol. The summed E-state index contributed by atoms with van der Waals surface area (Å²) in [7, 11) is 0. The van der Waals surface area contributed by atoms with Gasteiger partial charge in [0.25, 0.3) is 0 Å². The fraction of sp³-hybridized carbons (Fsp3) is 0.125. The van der Waals surface area contributed by atoms with Crippen LogP contribution in [0.4, 0.5) is 0 Å². The number of carbonyl (C=O) groups is 2. The maximum Gasteiger partial charge on any atom is 0.348 e. The van der Waals surface area contributed by atoms with Crippen molar-refractivity contribution in [3.8, 4) is 6.07 Å². The van der Waals surface area contributed by atoms with Crippen LogP contribution in [0.15, 0.2) is 24.3 Å². The molecule has 0 saturated heterocycles. The summed E-state index contributed by atoms with van der Waals surface area (Å²) in [5.74, 6) is -1.98. The minimum Gasteiger partial charge on any atom is -0.478 e. The lowest BCUT2D eigenvalue weighted by molar-refractivity contribution is -0.137. The maximum atomic E-state index is 10.7. The minimum absolute atomic E-state index is 0.189. The molecule has 0 aromatic heterocycles. The number of hydrogen-bond acceptors (Lipinski definition) is 4. The molecule has 0 radical (unpaired) electrons. The molecule has 0 aromatic carbocycles. The Morgan fingerprint density at radius 1 is 1.62 bits per heavy atom. The number of hydrogen-bond donors (Lipinski definition) is 1. The molecular formula is C8H7NO4. The van der Waals surface area contributed by atoms with E-state index < -0.39 is 11.9 Å². The number of esters is 1. The van der Waals surface area contributed by atoms with Crippen LogP contribution < -0.4 is 0 Å². The smallest absolute Gasteiger partial charge is 0.348 e. The van der Waals surface area contributed by atoms with Crippen LogP contribution in [0.1, 0.15) is 0 Å². The normalized spacial score (nSPS) is 9.15. The van der Waals surface area contributed by atoms with Gasteiger partial charge in [-0.15, -0.1) is 0 Å². The van der Waals surface area contributed by atoms with E-state index in [0.29, 0.717) is 0 Å². The van der Waals surface area contributed by atoms with Gasteiger partial charge in [-0.1, -0.05) is 6.58 Å². The van der Waals surface area contributed by atoms with Crippen molar-refractivity contribution in [2.75, 3.05) is 6.61 Å². The van der Waals surface area contributed by atoms with E-state index >= 15 is 0 Å². The van der Waals surface area contributed by atoms with E-state index in [-0.39, 0.29) is 12.2 Å². The number of nitrogens with zero attached hydrogens (tertiary/aromatic N) is 1. The van der Waals surface area contributed by atoms with Gasteiger partial charge in [0.15, 0.2) is 0 Å². The Bertz CT molecular complexity index is 298. The first-order valence-electron chi connectivity index (χ1n) is 3.23. The fourth-order valence-corrected chi connectivity index (χ4v) is 0.405. The Kier molecular flexibility index (Phi) is 4.65. The molecule has 13 heavy (non-hydrogen) atoms. The van der Waals surface area contributed by atoms with Gasteiger partial charge < -0.3 is 9.84 Å². The maximum absolute atomic E-state index is 10.7. The zero-order chi connectivity index (χ0) is 10.3. The van der Waals surface area contributed by atoms with Crippen molar-refractivity contribution in [2.24, 2.45) is 0 Å². The number of nitriles is 1. The number of rotatable bonds is 4. The third-order valence-electron chi connectivity index (χ3n) is 0.952. The van der Waals surface area contributed by atoms with Crippen molar-refractivity contribution in [1.82, 2.24) is 0 Å². The van der Waals surface area contributed by atoms with Crippen LogP contribution in [0, 0.1) is 11.3 Å². The fourth-order valence-electron chi connectivity index (χ4n) is 0.405. The Morgan fingerprint density at radius 3 is 2.69 bits per heavy atom. The number of carbonyl (C=O) groups excluding carboxylic acids is 1. The second-order valence-electron chi connectivity index (χ2n) is 1.93. The van der Waals surface area contributed by atoms with E-state index in [4.69, 9.17) is 10.4 Å². The van der Waals surface area contributed by atoms with Crippen LogP contribution in [-0.4, -0.2) is 23.7 Å². The topological polar surface area (TPSA) is 87.4 Å². The Balaban J connectivity index is 3.80. The number of carboxylic acids is 1. The average Bonchev–Trinajstić information content (AvgIpc) is 2.10. The SMILES string of the molecule is C=C(C#N)C(=O)OCC=CC(=O)O. The lowest BCUT2D eigenvalue weighted by Crippen LogP contribution is -2.05. The van der Waals surface area contributed by atoms with Crippen molar-refractivity contribution in [3.05, 3.63) is 24.3 Å². The van der Waals surface area contributed by atoms with Gasteiger partial charge in [-0.05, 0) is 6.08 Å². The zero-order valence-corrected chi connectivity index (χ0v) is 6.69. The van der Waals surface area contributed by atoms with Gasteiger partial charge in [0.05, 0.1) is 0 Å². The van der Waals surface area contributed by atoms with Crippen molar-refractivity contribution < 1.29 is 19.4 Å². The predicted octanol–water partition coefficient (Wildman–Crippen LogP) is 0.250. The van der Waals surface area contributed by atoms with E-state index in [9.17, 15) is 9.59 Å². The van der Waals surface area contributed by atoms with Crippen molar-refractivity contribution in [1.29, 1.82) is 5.26 Å². The van der Waals surface area contributed by atoms with Gasteiger partial charge >= 0.3 is 11.9 Å². The summed E-state index contributed by atoms with van der Waals surface area (Å²) in [6, 6.07) is 1.50. The van der Waals surface area contributed by atoms with Crippen LogP contribution in [-0.2, 0) is 14.3 Å². The minimum atomic E-state index is -1.13. The quantitative estimate of drug-likeness (QED) is 0.381. The third-order valence-corrected chi connectivity index (χ3v) is 0.952. The van der Waals surface area contributed by atoms with Crippen LogP contribution in [0.3, 0.4) is 0 Å². The van der Waals surface area contributed by atoms with Gasteiger partial charge in [-0.3, -0.25) is 0 Å². The standard InChI is InChI=1S/C8H7NO4/c1-6(5-9)8(12)13-4-2-3-7(10)11/h2-3H,1,4H2,(H,10,11). The first kappa shape index (κ1) is 10.9. The lowest BCUT2D eigenvalue weighted by Gasteiger charge is -1.96. The summed E-state index contributed by atoms with van der Waals surface area (Å²) in [5, 5.41) is 16.3. The largest absolute Gasteiger partial charge is 0.478 e.